The zero-order valence-electron chi connectivity index (χ0n) is 12.0. The van der Waals surface area contributed by atoms with Crippen LogP contribution >= 0.6 is 0 Å². The molecule has 0 bridgehead atoms. The average molecular weight is 246 g/mol. The SMILES string of the molecule is Cc1ccc(C(C)C)cc1CCN1CCNCC1. The van der Waals surface area contributed by atoms with E-state index in [1.54, 1.807) is 0 Å². The third-order valence-corrected chi connectivity index (χ3v) is 3.95. The minimum Gasteiger partial charge on any atom is -0.314 e. The van der Waals surface area contributed by atoms with Gasteiger partial charge in [0.15, 0.2) is 0 Å². The molecule has 2 heteroatoms. The highest BCUT2D eigenvalue weighted by atomic mass is 15.2. The molecule has 0 unspecified atom stereocenters. The molecule has 1 heterocycles. The summed E-state index contributed by atoms with van der Waals surface area (Å²) in [5.41, 5.74) is 4.44. The molecule has 2 nitrogen and oxygen atoms in total. The number of rotatable bonds is 4. The lowest BCUT2D eigenvalue weighted by Gasteiger charge is -2.27. The highest BCUT2D eigenvalue weighted by molar-refractivity contribution is 5.32. The first-order valence-corrected chi connectivity index (χ1v) is 7.19. The van der Waals surface area contributed by atoms with Crippen molar-refractivity contribution in [2.45, 2.75) is 33.1 Å². The summed E-state index contributed by atoms with van der Waals surface area (Å²) in [6.45, 7) is 12.7. The van der Waals surface area contributed by atoms with Crippen molar-refractivity contribution >= 4 is 0 Å². The monoisotopic (exact) mass is 246 g/mol. The van der Waals surface area contributed by atoms with Crippen molar-refractivity contribution in [1.29, 1.82) is 0 Å². The minimum atomic E-state index is 0.628. The van der Waals surface area contributed by atoms with E-state index in [-0.39, 0.29) is 0 Å². The van der Waals surface area contributed by atoms with Crippen LogP contribution in [-0.2, 0) is 6.42 Å². The lowest BCUT2D eigenvalue weighted by atomic mass is 9.96. The number of hydrogen-bond donors (Lipinski definition) is 1. The maximum absolute atomic E-state index is 3.41. The third-order valence-electron chi connectivity index (χ3n) is 3.95. The van der Waals surface area contributed by atoms with Crippen LogP contribution in [0.5, 0.6) is 0 Å². The Balaban J connectivity index is 1.97. The Bertz CT molecular complexity index is 379. The predicted octanol–water partition coefficient (Wildman–Crippen LogP) is 2.57. The van der Waals surface area contributed by atoms with E-state index in [9.17, 15) is 0 Å². The van der Waals surface area contributed by atoms with E-state index in [0.717, 1.165) is 13.1 Å². The number of piperazine rings is 1. The smallest absolute Gasteiger partial charge is 0.0108 e. The number of aryl methyl sites for hydroxylation is 1. The molecule has 18 heavy (non-hydrogen) atoms. The fourth-order valence-corrected chi connectivity index (χ4v) is 2.53. The summed E-state index contributed by atoms with van der Waals surface area (Å²) in [6, 6.07) is 6.96. The Kier molecular flexibility index (Phi) is 4.79. The molecule has 0 atom stereocenters. The van der Waals surface area contributed by atoms with Gasteiger partial charge in [0.1, 0.15) is 0 Å². The quantitative estimate of drug-likeness (QED) is 0.878. The number of benzene rings is 1. The fourth-order valence-electron chi connectivity index (χ4n) is 2.53. The molecule has 1 aromatic rings. The van der Waals surface area contributed by atoms with Gasteiger partial charge in [0.2, 0.25) is 0 Å². The van der Waals surface area contributed by atoms with Crippen molar-refractivity contribution in [3.63, 3.8) is 0 Å². The zero-order chi connectivity index (χ0) is 13.0. The van der Waals surface area contributed by atoms with E-state index < -0.39 is 0 Å². The first-order valence-electron chi connectivity index (χ1n) is 7.19. The molecule has 2 rings (SSSR count). The summed E-state index contributed by atoms with van der Waals surface area (Å²) >= 11 is 0. The van der Waals surface area contributed by atoms with Crippen molar-refractivity contribution in [2.24, 2.45) is 0 Å². The van der Waals surface area contributed by atoms with Gasteiger partial charge in [-0.1, -0.05) is 32.0 Å². The molecular weight excluding hydrogens is 220 g/mol. The maximum Gasteiger partial charge on any atom is 0.0108 e. The number of hydrogen-bond acceptors (Lipinski definition) is 2. The van der Waals surface area contributed by atoms with Gasteiger partial charge in [0.25, 0.3) is 0 Å². The molecule has 0 aromatic heterocycles. The van der Waals surface area contributed by atoms with E-state index in [2.05, 4.69) is 49.2 Å². The van der Waals surface area contributed by atoms with Gasteiger partial charge in [-0.15, -0.1) is 0 Å². The summed E-state index contributed by atoms with van der Waals surface area (Å²) < 4.78 is 0. The predicted molar refractivity (Wildman–Crippen MR) is 78.3 cm³/mol. The van der Waals surface area contributed by atoms with Crippen molar-refractivity contribution in [1.82, 2.24) is 10.2 Å². The summed E-state index contributed by atoms with van der Waals surface area (Å²) in [4.78, 5) is 2.57. The van der Waals surface area contributed by atoms with Crippen LogP contribution < -0.4 is 5.32 Å². The van der Waals surface area contributed by atoms with Gasteiger partial charge in [0.05, 0.1) is 0 Å². The molecule has 0 amide bonds. The molecule has 100 valence electrons. The highest BCUT2D eigenvalue weighted by Gasteiger charge is 2.10. The topological polar surface area (TPSA) is 15.3 Å². The van der Waals surface area contributed by atoms with Gasteiger partial charge in [-0.05, 0) is 36.0 Å². The van der Waals surface area contributed by atoms with Crippen LogP contribution in [0.4, 0.5) is 0 Å². The molecule has 0 aliphatic carbocycles. The first kappa shape index (κ1) is 13.6. The fraction of sp³-hybridized carbons (Fsp3) is 0.625. The van der Waals surface area contributed by atoms with Gasteiger partial charge in [-0.25, -0.2) is 0 Å². The van der Waals surface area contributed by atoms with E-state index in [0.29, 0.717) is 5.92 Å². The van der Waals surface area contributed by atoms with Crippen molar-refractivity contribution in [3.8, 4) is 0 Å². The second-order valence-electron chi connectivity index (χ2n) is 5.68. The van der Waals surface area contributed by atoms with E-state index in [1.165, 1.54) is 42.7 Å². The molecule has 1 aliphatic rings. The van der Waals surface area contributed by atoms with Crippen LogP contribution in [0.2, 0.25) is 0 Å². The summed E-state index contributed by atoms with van der Waals surface area (Å²) in [5.74, 6) is 0.628. The maximum atomic E-state index is 3.41. The molecule has 1 saturated heterocycles. The van der Waals surface area contributed by atoms with Crippen LogP contribution in [0.3, 0.4) is 0 Å². The average Bonchev–Trinajstić information content (AvgIpc) is 2.38. The van der Waals surface area contributed by atoms with Crippen molar-refractivity contribution in [3.05, 3.63) is 34.9 Å². The van der Waals surface area contributed by atoms with Crippen molar-refractivity contribution in [2.75, 3.05) is 32.7 Å². The minimum absolute atomic E-state index is 0.628. The van der Waals surface area contributed by atoms with E-state index in [4.69, 9.17) is 0 Å². The van der Waals surface area contributed by atoms with Crippen LogP contribution in [0, 0.1) is 6.92 Å². The standard InChI is InChI=1S/C16H26N2/c1-13(2)15-5-4-14(3)16(12-15)6-9-18-10-7-17-8-11-18/h4-5,12-13,17H,6-11H2,1-3H3. The summed E-state index contributed by atoms with van der Waals surface area (Å²) in [7, 11) is 0. The van der Waals surface area contributed by atoms with Crippen LogP contribution in [-0.4, -0.2) is 37.6 Å². The normalized spacial score (nSPS) is 17.3. The molecular formula is C16H26N2. The third kappa shape index (κ3) is 3.56. The van der Waals surface area contributed by atoms with Crippen LogP contribution in [0.1, 0.15) is 36.5 Å². The highest BCUT2D eigenvalue weighted by Crippen LogP contribution is 2.19. The summed E-state index contributed by atoms with van der Waals surface area (Å²) in [6.07, 6.45) is 1.19. The lowest BCUT2D eigenvalue weighted by molar-refractivity contribution is 0.244. The zero-order valence-corrected chi connectivity index (χ0v) is 12.0. The Morgan fingerprint density at radius 2 is 1.94 bits per heavy atom. The first-order chi connectivity index (χ1) is 8.66. The van der Waals surface area contributed by atoms with Gasteiger partial charge >= 0.3 is 0 Å². The van der Waals surface area contributed by atoms with Crippen LogP contribution in [0.25, 0.3) is 0 Å². The van der Waals surface area contributed by atoms with Gasteiger partial charge in [-0.2, -0.15) is 0 Å². The molecule has 0 radical (unpaired) electrons. The molecule has 1 fully saturated rings. The Morgan fingerprint density at radius 1 is 1.22 bits per heavy atom. The number of nitrogens with one attached hydrogen (secondary N) is 1. The second kappa shape index (κ2) is 6.35. The van der Waals surface area contributed by atoms with Crippen molar-refractivity contribution < 1.29 is 0 Å². The number of nitrogens with zero attached hydrogens (tertiary/aromatic N) is 1. The van der Waals surface area contributed by atoms with Gasteiger partial charge < -0.3 is 10.2 Å². The molecule has 0 saturated carbocycles. The second-order valence-corrected chi connectivity index (χ2v) is 5.68. The molecule has 1 aromatic carbocycles. The Hall–Kier alpha value is -0.860. The van der Waals surface area contributed by atoms with E-state index >= 15 is 0 Å². The Morgan fingerprint density at radius 3 is 2.61 bits per heavy atom. The largest absolute Gasteiger partial charge is 0.314 e. The molecule has 1 aliphatic heterocycles. The van der Waals surface area contributed by atoms with E-state index in [1.807, 2.05) is 0 Å². The molecule has 0 spiro atoms. The Labute approximate surface area is 111 Å². The lowest BCUT2D eigenvalue weighted by Crippen LogP contribution is -2.44. The van der Waals surface area contributed by atoms with Gasteiger partial charge in [0, 0.05) is 32.7 Å². The van der Waals surface area contributed by atoms with Crippen LogP contribution in [0.15, 0.2) is 18.2 Å². The summed E-state index contributed by atoms with van der Waals surface area (Å²) in [5, 5.41) is 3.41. The molecule has 1 N–H and O–H groups in total. The van der Waals surface area contributed by atoms with Gasteiger partial charge in [-0.3, -0.25) is 0 Å².